The number of nitrogens with zero attached hydrogens (tertiary/aromatic N) is 5. The number of imidazole rings is 1. The molecule has 0 spiro atoms. The molecule has 0 bridgehead atoms. The summed E-state index contributed by atoms with van der Waals surface area (Å²) >= 11 is 1.51. The molecule has 3 N–H and O–H groups in total. The molecule has 0 fully saturated rings. The van der Waals surface area contributed by atoms with Crippen LogP contribution in [0.2, 0.25) is 0 Å². The number of rotatable bonds is 3. The van der Waals surface area contributed by atoms with Crippen molar-refractivity contribution in [2.75, 3.05) is 5.43 Å². The molecule has 0 aliphatic carbocycles. The molecule has 0 aromatic carbocycles. The van der Waals surface area contributed by atoms with Crippen LogP contribution < -0.4 is 11.3 Å². The highest BCUT2D eigenvalue weighted by Crippen LogP contribution is 2.29. The zero-order valence-corrected chi connectivity index (χ0v) is 11.3. The monoisotopic (exact) mass is 275 g/mol. The third-order valence-corrected chi connectivity index (χ3v) is 3.71. The van der Waals surface area contributed by atoms with Gasteiger partial charge < -0.3 is 9.83 Å². The lowest BCUT2D eigenvalue weighted by Crippen LogP contribution is -2.10. The fraction of sp³-hybridized carbons (Fsp3) is 0.182. The Balaban J connectivity index is 2.08. The van der Waals surface area contributed by atoms with Gasteiger partial charge in [0, 0.05) is 19.4 Å². The molecule has 0 unspecified atom stereocenters. The van der Waals surface area contributed by atoms with Crippen LogP contribution in [0, 0.1) is 6.92 Å². The number of nitrogens with two attached hydrogens (primary N) is 1. The molecule has 0 atom stereocenters. The van der Waals surface area contributed by atoms with Crippen LogP contribution in [0.15, 0.2) is 34.7 Å². The molecule has 0 radical (unpaired) electrons. The minimum atomic E-state index is 0.590. The maximum absolute atomic E-state index is 5.43. The van der Waals surface area contributed by atoms with E-state index in [1.807, 2.05) is 35.3 Å². The number of hydrogen-bond acceptors (Lipinski definition) is 6. The minimum Gasteiger partial charge on any atom is -0.307 e. The fourth-order valence-corrected chi connectivity index (χ4v) is 2.82. The molecular weight excluding hydrogens is 262 g/mol. The third-order valence-electron chi connectivity index (χ3n) is 2.65. The second-order valence-electron chi connectivity index (χ2n) is 4.08. The Hall–Kier alpha value is -2.06. The number of nitrogen functional groups attached to an aromatic ring is 1. The summed E-state index contributed by atoms with van der Waals surface area (Å²) in [4.78, 5) is 8.75. The lowest BCUT2D eigenvalue weighted by Gasteiger charge is -2.06. The SMILES string of the molecule is Cc1cc(Sc2nc(NN)cn3ccnc23)n(C)n1. The van der Waals surface area contributed by atoms with Crippen LogP contribution in [-0.4, -0.2) is 24.1 Å². The molecule has 98 valence electrons. The summed E-state index contributed by atoms with van der Waals surface area (Å²) in [7, 11) is 1.91. The first-order valence-electron chi connectivity index (χ1n) is 5.66. The maximum Gasteiger partial charge on any atom is 0.170 e. The molecule has 3 heterocycles. The van der Waals surface area contributed by atoms with E-state index in [9.17, 15) is 0 Å². The van der Waals surface area contributed by atoms with E-state index in [1.54, 1.807) is 12.4 Å². The number of anilines is 1. The van der Waals surface area contributed by atoms with Gasteiger partial charge in [0.2, 0.25) is 0 Å². The van der Waals surface area contributed by atoms with Crippen LogP contribution in [0.25, 0.3) is 5.65 Å². The summed E-state index contributed by atoms with van der Waals surface area (Å²) in [5.41, 5.74) is 4.32. The van der Waals surface area contributed by atoms with E-state index >= 15 is 0 Å². The van der Waals surface area contributed by atoms with Crippen molar-refractivity contribution in [2.24, 2.45) is 12.9 Å². The quantitative estimate of drug-likeness (QED) is 0.552. The smallest absolute Gasteiger partial charge is 0.170 e. The summed E-state index contributed by atoms with van der Waals surface area (Å²) in [6, 6.07) is 2.01. The Morgan fingerprint density at radius 3 is 2.95 bits per heavy atom. The molecule has 0 amide bonds. The largest absolute Gasteiger partial charge is 0.307 e. The van der Waals surface area contributed by atoms with Crippen molar-refractivity contribution in [3.63, 3.8) is 0 Å². The minimum absolute atomic E-state index is 0.590. The molecule has 0 saturated heterocycles. The second kappa shape index (κ2) is 4.56. The van der Waals surface area contributed by atoms with Crippen molar-refractivity contribution in [1.29, 1.82) is 0 Å². The van der Waals surface area contributed by atoms with E-state index in [0.717, 1.165) is 21.4 Å². The van der Waals surface area contributed by atoms with E-state index in [2.05, 4.69) is 20.5 Å². The van der Waals surface area contributed by atoms with Crippen molar-refractivity contribution < 1.29 is 0 Å². The molecule has 8 heteroatoms. The first-order valence-corrected chi connectivity index (χ1v) is 6.48. The fourth-order valence-electron chi connectivity index (χ4n) is 1.82. The van der Waals surface area contributed by atoms with E-state index in [1.165, 1.54) is 11.8 Å². The molecule has 3 rings (SSSR count). The normalized spacial score (nSPS) is 11.1. The Bertz CT molecular complexity index is 730. The van der Waals surface area contributed by atoms with Gasteiger partial charge in [0.15, 0.2) is 11.5 Å². The number of hydrogen-bond donors (Lipinski definition) is 2. The average molecular weight is 275 g/mol. The van der Waals surface area contributed by atoms with Gasteiger partial charge in [-0.1, -0.05) is 0 Å². The first kappa shape index (κ1) is 12.0. The molecular formula is C11H13N7S. The van der Waals surface area contributed by atoms with Crippen LogP contribution >= 0.6 is 11.8 Å². The highest BCUT2D eigenvalue weighted by atomic mass is 32.2. The second-order valence-corrected chi connectivity index (χ2v) is 5.09. The summed E-state index contributed by atoms with van der Waals surface area (Å²) in [6.45, 7) is 1.96. The van der Waals surface area contributed by atoms with Gasteiger partial charge in [-0.2, -0.15) is 5.10 Å². The van der Waals surface area contributed by atoms with Crippen molar-refractivity contribution in [3.05, 3.63) is 30.4 Å². The zero-order valence-electron chi connectivity index (χ0n) is 10.5. The molecule has 7 nitrogen and oxygen atoms in total. The van der Waals surface area contributed by atoms with Gasteiger partial charge in [0.25, 0.3) is 0 Å². The summed E-state index contributed by atoms with van der Waals surface area (Å²) in [5, 5.41) is 6.10. The first-order chi connectivity index (χ1) is 9.17. The predicted octanol–water partition coefficient (Wildman–Crippen LogP) is 1.21. The standard InChI is InChI=1S/C11H13N7S/c1-7-5-9(17(2)16-7)19-11-10-13-3-4-18(10)6-8(14-11)15-12/h3-6,15H,12H2,1-2H3. The zero-order chi connectivity index (χ0) is 13.4. The molecule has 0 saturated carbocycles. The van der Waals surface area contributed by atoms with Crippen LogP contribution in [0.1, 0.15) is 5.69 Å². The number of nitrogens with one attached hydrogen (secondary N) is 1. The predicted molar refractivity (Wildman–Crippen MR) is 72.9 cm³/mol. The molecule has 0 aliphatic heterocycles. The number of hydrazine groups is 1. The molecule has 19 heavy (non-hydrogen) atoms. The molecule has 0 aliphatic rings. The van der Waals surface area contributed by atoms with Gasteiger partial charge in [-0.3, -0.25) is 4.68 Å². The van der Waals surface area contributed by atoms with Crippen LogP contribution in [-0.2, 0) is 7.05 Å². The van der Waals surface area contributed by atoms with Crippen LogP contribution in [0.4, 0.5) is 5.82 Å². The van der Waals surface area contributed by atoms with Gasteiger partial charge >= 0.3 is 0 Å². The average Bonchev–Trinajstić information content (AvgIpc) is 2.96. The summed E-state index contributed by atoms with van der Waals surface area (Å²) < 4.78 is 3.71. The van der Waals surface area contributed by atoms with Crippen molar-refractivity contribution in [2.45, 2.75) is 17.0 Å². The van der Waals surface area contributed by atoms with Gasteiger partial charge in [-0.05, 0) is 24.8 Å². The van der Waals surface area contributed by atoms with Gasteiger partial charge in [0.1, 0.15) is 10.1 Å². The van der Waals surface area contributed by atoms with Gasteiger partial charge in [-0.15, -0.1) is 0 Å². The van der Waals surface area contributed by atoms with E-state index in [-0.39, 0.29) is 0 Å². The van der Waals surface area contributed by atoms with Gasteiger partial charge in [-0.25, -0.2) is 15.8 Å². The number of fused-ring (bicyclic) bond motifs is 1. The number of aromatic nitrogens is 5. The highest BCUT2D eigenvalue weighted by Gasteiger charge is 2.11. The van der Waals surface area contributed by atoms with Crippen LogP contribution in [0.3, 0.4) is 0 Å². The molecule has 3 aromatic rings. The Morgan fingerprint density at radius 2 is 2.26 bits per heavy atom. The summed E-state index contributed by atoms with van der Waals surface area (Å²) in [5.74, 6) is 6.02. The van der Waals surface area contributed by atoms with Crippen molar-refractivity contribution in [3.8, 4) is 0 Å². The molecule has 3 aromatic heterocycles. The van der Waals surface area contributed by atoms with Crippen molar-refractivity contribution in [1.82, 2.24) is 24.1 Å². The van der Waals surface area contributed by atoms with E-state index < -0.39 is 0 Å². The third kappa shape index (κ3) is 2.15. The van der Waals surface area contributed by atoms with Crippen LogP contribution in [0.5, 0.6) is 0 Å². The lowest BCUT2D eigenvalue weighted by molar-refractivity contribution is 0.692. The van der Waals surface area contributed by atoms with Gasteiger partial charge in [0.05, 0.1) is 11.9 Å². The van der Waals surface area contributed by atoms with Crippen molar-refractivity contribution >= 4 is 23.2 Å². The number of aryl methyl sites for hydroxylation is 2. The summed E-state index contributed by atoms with van der Waals surface area (Å²) in [6.07, 6.45) is 5.38. The lowest BCUT2D eigenvalue weighted by atomic mass is 10.5. The maximum atomic E-state index is 5.43. The topological polar surface area (TPSA) is 86.1 Å². The Morgan fingerprint density at radius 1 is 1.42 bits per heavy atom. The highest BCUT2D eigenvalue weighted by molar-refractivity contribution is 7.99. The Kier molecular flexibility index (Phi) is 2.88. The Labute approximate surface area is 113 Å². The van der Waals surface area contributed by atoms with E-state index in [4.69, 9.17) is 5.84 Å². The van der Waals surface area contributed by atoms with E-state index in [0.29, 0.717) is 5.82 Å².